The van der Waals surface area contributed by atoms with Crippen LogP contribution in [0.25, 0.3) is 11.0 Å². The average molecular weight is 353 g/mol. The fraction of sp³-hybridized carbons (Fsp3) is 0.450. The SMILES string of the molecule is C=CC(C)N(C)C(Cn1c(=O)n(C2CC2)c2ccncc21)=NC/C=C\C. The minimum atomic E-state index is 0.0221. The zero-order valence-electron chi connectivity index (χ0n) is 15.8. The van der Waals surface area contributed by atoms with Crippen LogP contribution in [0.1, 0.15) is 32.7 Å². The van der Waals surface area contributed by atoms with E-state index in [2.05, 4.69) is 23.4 Å². The summed E-state index contributed by atoms with van der Waals surface area (Å²) in [6.07, 6.45) is 11.5. The van der Waals surface area contributed by atoms with Crippen LogP contribution < -0.4 is 5.69 Å². The normalized spacial score (nSPS) is 16.3. The Hall–Kier alpha value is -2.63. The number of hydrogen-bond donors (Lipinski definition) is 0. The minimum absolute atomic E-state index is 0.0221. The van der Waals surface area contributed by atoms with Crippen molar-refractivity contribution in [1.29, 1.82) is 0 Å². The van der Waals surface area contributed by atoms with Crippen LogP contribution in [0.5, 0.6) is 0 Å². The Kier molecular flexibility index (Phi) is 5.40. The van der Waals surface area contributed by atoms with Gasteiger partial charge in [0.25, 0.3) is 0 Å². The second-order valence-electron chi connectivity index (χ2n) is 6.75. The summed E-state index contributed by atoms with van der Waals surface area (Å²) in [4.78, 5) is 24.1. The van der Waals surface area contributed by atoms with Crippen molar-refractivity contribution < 1.29 is 0 Å². The van der Waals surface area contributed by atoms with Crippen molar-refractivity contribution >= 4 is 16.9 Å². The van der Waals surface area contributed by atoms with Crippen molar-refractivity contribution in [3.8, 4) is 0 Å². The molecule has 1 fully saturated rings. The highest BCUT2D eigenvalue weighted by Crippen LogP contribution is 2.35. The summed E-state index contributed by atoms with van der Waals surface area (Å²) in [5, 5.41) is 0. The standard InChI is InChI=1S/C20H27N5O/c1-5-7-11-22-19(23(4)15(3)6-2)14-24-18-13-21-12-10-17(18)25(20(24)26)16-8-9-16/h5-7,10,12-13,15-16H,2,8-9,11,14H2,1,3-4H3/b7-5-,22-19?. The van der Waals surface area contributed by atoms with Crippen LogP contribution >= 0.6 is 0 Å². The average Bonchev–Trinajstić information content (AvgIpc) is 3.45. The number of amidine groups is 1. The number of pyridine rings is 1. The Balaban J connectivity index is 2.03. The van der Waals surface area contributed by atoms with E-state index >= 15 is 0 Å². The second-order valence-corrected chi connectivity index (χ2v) is 6.75. The first-order valence-corrected chi connectivity index (χ1v) is 9.13. The molecule has 1 aliphatic rings. The number of allylic oxidation sites excluding steroid dienone is 1. The Morgan fingerprint density at radius 2 is 2.27 bits per heavy atom. The van der Waals surface area contributed by atoms with E-state index in [4.69, 9.17) is 4.99 Å². The number of rotatable bonds is 7. The van der Waals surface area contributed by atoms with Gasteiger partial charge in [0.05, 0.1) is 30.3 Å². The molecule has 138 valence electrons. The molecule has 1 saturated carbocycles. The topological polar surface area (TPSA) is 55.4 Å². The molecule has 2 aromatic rings. The molecule has 0 spiro atoms. The van der Waals surface area contributed by atoms with E-state index < -0.39 is 0 Å². The van der Waals surface area contributed by atoms with Crippen LogP contribution in [0.4, 0.5) is 0 Å². The molecule has 0 amide bonds. The van der Waals surface area contributed by atoms with Gasteiger partial charge in [-0.1, -0.05) is 18.2 Å². The molecule has 2 heterocycles. The van der Waals surface area contributed by atoms with E-state index in [0.717, 1.165) is 29.7 Å². The summed E-state index contributed by atoms with van der Waals surface area (Å²) in [6.45, 7) is 8.93. The summed E-state index contributed by atoms with van der Waals surface area (Å²) < 4.78 is 3.71. The molecule has 1 unspecified atom stereocenters. The van der Waals surface area contributed by atoms with E-state index in [0.29, 0.717) is 19.1 Å². The first-order valence-electron chi connectivity index (χ1n) is 9.13. The second kappa shape index (κ2) is 7.72. The van der Waals surface area contributed by atoms with Gasteiger partial charge in [-0.05, 0) is 32.8 Å². The van der Waals surface area contributed by atoms with Gasteiger partial charge in [-0.15, -0.1) is 6.58 Å². The molecule has 0 bridgehead atoms. The smallest absolute Gasteiger partial charge is 0.329 e. The number of imidazole rings is 1. The van der Waals surface area contributed by atoms with Gasteiger partial charge in [0.15, 0.2) is 0 Å². The van der Waals surface area contributed by atoms with Crippen molar-refractivity contribution in [1.82, 2.24) is 19.0 Å². The minimum Gasteiger partial charge on any atom is -0.356 e. The van der Waals surface area contributed by atoms with Crippen LogP contribution in [0, 0.1) is 0 Å². The molecule has 0 saturated heterocycles. The number of nitrogens with zero attached hydrogens (tertiary/aromatic N) is 5. The van der Waals surface area contributed by atoms with E-state index in [1.807, 2.05) is 42.8 Å². The fourth-order valence-electron chi connectivity index (χ4n) is 3.04. The molecule has 1 atom stereocenters. The van der Waals surface area contributed by atoms with Gasteiger partial charge in [-0.25, -0.2) is 4.79 Å². The third kappa shape index (κ3) is 3.49. The Morgan fingerprint density at radius 1 is 1.50 bits per heavy atom. The number of aliphatic imine (C=N–C) groups is 1. The summed E-state index contributed by atoms with van der Waals surface area (Å²) in [6, 6.07) is 2.38. The molecule has 0 N–H and O–H groups in total. The molecule has 0 aromatic carbocycles. The molecule has 0 radical (unpaired) electrons. The van der Waals surface area contributed by atoms with Gasteiger partial charge in [0.1, 0.15) is 5.84 Å². The lowest BCUT2D eigenvalue weighted by Gasteiger charge is -2.26. The maximum absolute atomic E-state index is 13.1. The van der Waals surface area contributed by atoms with Crippen LogP contribution in [0.15, 0.2) is 53.1 Å². The first kappa shape index (κ1) is 18.2. The maximum Gasteiger partial charge on any atom is 0.329 e. The number of likely N-dealkylation sites (N-methyl/N-ethyl adjacent to an activating group) is 1. The lowest BCUT2D eigenvalue weighted by molar-refractivity contribution is 0.436. The highest BCUT2D eigenvalue weighted by atomic mass is 16.1. The van der Waals surface area contributed by atoms with Gasteiger partial charge in [0, 0.05) is 25.3 Å². The van der Waals surface area contributed by atoms with Crippen LogP contribution in [-0.4, -0.2) is 44.5 Å². The van der Waals surface area contributed by atoms with Gasteiger partial charge in [-0.3, -0.25) is 19.1 Å². The molecular weight excluding hydrogens is 326 g/mol. The van der Waals surface area contributed by atoms with Crippen molar-refractivity contribution in [3.63, 3.8) is 0 Å². The number of hydrogen-bond acceptors (Lipinski definition) is 3. The fourth-order valence-corrected chi connectivity index (χ4v) is 3.04. The van der Waals surface area contributed by atoms with Crippen molar-refractivity contribution in [2.45, 2.75) is 45.3 Å². The molecule has 2 aromatic heterocycles. The first-order chi connectivity index (χ1) is 12.6. The molecule has 0 aliphatic heterocycles. The lowest BCUT2D eigenvalue weighted by Crippen LogP contribution is -2.39. The quantitative estimate of drug-likeness (QED) is 0.437. The predicted octanol–water partition coefficient (Wildman–Crippen LogP) is 3.01. The van der Waals surface area contributed by atoms with Gasteiger partial charge >= 0.3 is 5.69 Å². The molecule has 6 nitrogen and oxygen atoms in total. The Bertz CT molecular complexity index is 901. The van der Waals surface area contributed by atoms with Gasteiger partial charge < -0.3 is 4.90 Å². The highest BCUT2D eigenvalue weighted by molar-refractivity contribution is 5.85. The third-order valence-corrected chi connectivity index (χ3v) is 4.95. The molecule has 1 aliphatic carbocycles. The molecule has 26 heavy (non-hydrogen) atoms. The molecule has 3 rings (SSSR count). The Labute approximate surface area is 154 Å². The zero-order valence-corrected chi connectivity index (χ0v) is 15.8. The maximum atomic E-state index is 13.1. The Morgan fingerprint density at radius 3 is 2.92 bits per heavy atom. The van der Waals surface area contributed by atoms with Crippen LogP contribution in [0.3, 0.4) is 0 Å². The van der Waals surface area contributed by atoms with Crippen LogP contribution in [-0.2, 0) is 6.54 Å². The van der Waals surface area contributed by atoms with E-state index in [9.17, 15) is 4.79 Å². The van der Waals surface area contributed by atoms with E-state index in [-0.39, 0.29) is 11.7 Å². The summed E-state index contributed by atoms with van der Waals surface area (Å²) in [7, 11) is 1.99. The number of aromatic nitrogens is 3. The predicted molar refractivity (Wildman–Crippen MR) is 107 cm³/mol. The van der Waals surface area contributed by atoms with Gasteiger partial charge in [-0.2, -0.15) is 0 Å². The van der Waals surface area contributed by atoms with E-state index in [1.54, 1.807) is 17.0 Å². The van der Waals surface area contributed by atoms with Crippen molar-refractivity contribution in [2.75, 3.05) is 13.6 Å². The van der Waals surface area contributed by atoms with Crippen molar-refractivity contribution in [2.24, 2.45) is 4.99 Å². The monoisotopic (exact) mass is 353 g/mol. The summed E-state index contributed by atoms with van der Waals surface area (Å²) in [5.74, 6) is 0.858. The van der Waals surface area contributed by atoms with Crippen molar-refractivity contribution in [3.05, 3.63) is 53.8 Å². The summed E-state index contributed by atoms with van der Waals surface area (Å²) in [5.41, 5.74) is 1.84. The van der Waals surface area contributed by atoms with Gasteiger partial charge in [0.2, 0.25) is 0 Å². The van der Waals surface area contributed by atoms with E-state index in [1.165, 1.54) is 0 Å². The zero-order chi connectivity index (χ0) is 18.7. The third-order valence-electron chi connectivity index (χ3n) is 4.95. The highest BCUT2D eigenvalue weighted by Gasteiger charge is 2.29. The molecular formula is C20H27N5O. The molecule has 6 heteroatoms. The lowest BCUT2D eigenvalue weighted by atomic mass is 10.3. The number of fused-ring (bicyclic) bond motifs is 1. The largest absolute Gasteiger partial charge is 0.356 e. The summed E-state index contributed by atoms with van der Waals surface area (Å²) >= 11 is 0. The van der Waals surface area contributed by atoms with Crippen LogP contribution in [0.2, 0.25) is 0 Å².